The van der Waals surface area contributed by atoms with Gasteiger partial charge in [0.05, 0.1) is 39.4 Å². The Bertz CT molecular complexity index is 2190. The number of phosphoric ester groups is 2. The van der Waals surface area contributed by atoms with Crippen molar-refractivity contribution in [3.63, 3.8) is 0 Å². The molecule has 3 aromatic rings. The summed E-state index contributed by atoms with van der Waals surface area (Å²) >= 11 is 0. The third-order valence-corrected chi connectivity index (χ3v) is 12.7. The van der Waals surface area contributed by atoms with Crippen molar-refractivity contribution < 1.29 is 80.3 Å². The van der Waals surface area contributed by atoms with Gasteiger partial charge in [-0.15, -0.1) is 0 Å². The van der Waals surface area contributed by atoms with E-state index in [1.807, 2.05) is 0 Å². The summed E-state index contributed by atoms with van der Waals surface area (Å²) in [5, 5.41) is 32.1. The number of aliphatic hydroxyl groups excluding tert-OH is 3. The fraction of sp³-hybridized carbons (Fsp3) is 0.625. The summed E-state index contributed by atoms with van der Waals surface area (Å²) in [6, 6.07) is 0. The predicted molar refractivity (Wildman–Crippen MR) is 183 cm³/mol. The van der Waals surface area contributed by atoms with Crippen molar-refractivity contribution in [2.24, 2.45) is 0 Å². The van der Waals surface area contributed by atoms with Gasteiger partial charge in [-0.3, -0.25) is 33.2 Å². The van der Waals surface area contributed by atoms with Crippen LogP contribution >= 0.6 is 23.5 Å². The number of H-pyrrole nitrogens is 2. The van der Waals surface area contributed by atoms with Crippen molar-refractivity contribution in [2.45, 2.75) is 49.1 Å². The number of fused-ring (bicyclic) bond motifs is 2. The molecule has 0 bridgehead atoms. The Morgan fingerprint density at radius 1 is 0.857 bits per heavy atom. The molecule has 312 valence electrons. The van der Waals surface area contributed by atoms with Crippen LogP contribution in [0.3, 0.4) is 0 Å². The first kappa shape index (κ1) is 42.2. The van der Waals surface area contributed by atoms with Gasteiger partial charge in [0, 0.05) is 14.2 Å². The summed E-state index contributed by atoms with van der Waals surface area (Å²) < 4.78 is 78.6. The van der Waals surface area contributed by atoms with Gasteiger partial charge < -0.3 is 70.2 Å². The molecule has 0 saturated carbocycles. The number of nitrogens with two attached hydrogens (primary N) is 2. The lowest BCUT2D eigenvalue weighted by atomic mass is 10.1. The number of methoxy groups -OCH3 is 1. The minimum atomic E-state index is -6.00. The number of hydrogen-bond acceptors (Lipinski definition) is 23. The Morgan fingerprint density at radius 2 is 1.45 bits per heavy atom. The highest BCUT2D eigenvalue weighted by Crippen LogP contribution is 2.68. The van der Waals surface area contributed by atoms with Crippen LogP contribution < -0.4 is 32.4 Å². The van der Waals surface area contributed by atoms with Crippen LogP contribution in [0, 0.1) is 0 Å². The first-order valence-corrected chi connectivity index (χ1v) is 20.4. The molecular weight excluding hydrogens is 825 g/mol. The van der Waals surface area contributed by atoms with Crippen LogP contribution in [-0.4, -0.2) is 150 Å². The highest BCUT2D eigenvalue weighted by molar-refractivity contribution is 7.66. The number of nitrogen functional groups attached to an aromatic ring is 2. The summed E-state index contributed by atoms with van der Waals surface area (Å²) in [4.78, 5) is 74.5. The maximum Gasteiger partial charge on any atom is 0.490 e. The minimum absolute atomic E-state index is 0.00994. The number of nitrogens with zero attached hydrogens (tertiary/aromatic N) is 6. The van der Waals surface area contributed by atoms with E-state index in [1.165, 1.54) is 16.9 Å². The molecule has 0 amide bonds. The molecule has 11 atom stereocenters. The van der Waals surface area contributed by atoms with E-state index in [0.29, 0.717) is 0 Å². The zero-order valence-electron chi connectivity index (χ0n) is 28.9. The topological polar surface area (TPSA) is 414 Å². The van der Waals surface area contributed by atoms with Crippen LogP contribution in [0.2, 0.25) is 0 Å². The van der Waals surface area contributed by atoms with Crippen molar-refractivity contribution in [3.05, 3.63) is 27.0 Å². The Labute approximate surface area is 312 Å². The first-order valence-electron chi connectivity index (χ1n) is 16.0. The van der Waals surface area contributed by atoms with Gasteiger partial charge in [0.1, 0.15) is 42.3 Å². The van der Waals surface area contributed by atoms with Crippen molar-refractivity contribution >= 4 is 58.0 Å². The van der Waals surface area contributed by atoms with E-state index in [1.54, 1.807) is 7.05 Å². The lowest BCUT2D eigenvalue weighted by Gasteiger charge is -2.30. The maximum absolute atomic E-state index is 12.7. The van der Waals surface area contributed by atoms with Crippen LogP contribution in [0.5, 0.6) is 0 Å². The molecule has 6 rings (SSSR count). The van der Waals surface area contributed by atoms with E-state index >= 15 is 0 Å². The SMILES string of the molecule is COCCO[C@@H]1[C@H](O)[C@@H](COP(=O)(O)OP(=O)(O)OP(=O)(O)OC[C@H]2O[C@@H](n3cnc4c(=O)[nH]c(N)nc43)[C@H](O)[C@@H]2O)O[C@H]1N1CN(C)c2c1nc(N)[nH]c2=O. The molecule has 56 heavy (non-hydrogen) atoms. The molecule has 12 N–H and O–H groups in total. The second kappa shape index (κ2) is 16.1. The summed E-state index contributed by atoms with van der Waals surface area (Å²) in [6.07, 6.45) is -11.2. The third-order valence-electron chi connectivity index (χ3n) is 8.41. The fourth-order valence-corrected chi connectivity index (χ4v) is 9.54. The molecule has 6 heterocycles. The molecule has 0 aliphatic carbocycles. The van der Waals surface area contributed by atoms with E-state index in [9.17, 15) is 53.3 Å². The number of aliphatic hydroxyl groups is 3. The number of anilines is 4. The van der Waals surface area contributed by atoms with Crippen LogP contribution in [0.4, 0.5) is 23.4 Å². The quantitative estimate of drug-likeness (QED) is 0.0491. The summed E-state index contributed by atoms with van der Waals surface area (Å²) in [5.41, 5.74) is 9.77. The predicted octanol–water partition coefficient (Wildman–Crippen LogP) is -3.61. The van der Waals surface area contributed by atoms with Gasteiger partial charge in [0.2, 0.25) is 11.9 Å². The highest BCUT2D eigenvalue weighted by atomic mass is 31.3. The lowest BCUT2D eigenvalue weighted by molar-refractivity contribution is -0.0522. The minimum Gasteiger partial charge on any atom is -0.387 e. The molecule has 3 aliphatic rings. The number of hydrogen-bond donors (Lipinski definition) is 10. The van der Waals surface area contributed by atoms with Crippen LogP contribution in [0.25, 0.3) is 11.2 Å². The molecular formula is C24H37N10O19P3. The molecule has 3 unspecified atom stereocenters. The summed E-state index contributed by atoms with van der Waals surface area (Å²) in [6.45, 7) is -2.08. The van der Waals surface area contributed by atoms with E-state index in [-0.39, 0.29) is 54.4 Å². The summed E-state index contributed by atoms with van der Waals surface area (Å²) in [5.74, 6) is -0.466. The lowest BCUT2D eigenvalue weighted by Crippen LogP contribution is -2.47. The Kier molecular flexibility index (Phi) is 12.1. The Hall–Kier alpha value is -3.44. The molecule has 3 aromatic heterocycles. The normalized spacial score (nSPS) is 29.7. The number of ether oxygens (including phenoxy) is 4. The number of rotatable bonds is 16. The first-order chi connectivity index (χ1) is 26.2. The van der Waals surface area contributed by atoms with Crippen LogP contribution in [-0.2, 0) is 50.3 Å². The molecule has 0 aromatic carbocycles. The average molecular weight is 863 g/mol. The number of aromatic amines is 2. The molecule has 2 saturated heterocycles. The van der Waals surface area contributed by atoms with Gasteiger partial charge in [0.15, 0.2) is 29.4 Å². The smallest absolute Gasteiger partial charge is 0.387 e. The van der Waals surface area contributed by atoms with Gasteiger partial charge in [0.25, 0.3) is 11.1 Å². The molecule has 29 nitrogen and oxygen atoms in total. The highest BCUT2D eigenvalue weighted by Gasteiger charge is 2.52. The van der Waals surface area contributed by atoms with Gasteiger partial charge in [-0.25, -0.2) is 18.7 Å². The average Bonchev–Trinajstić information content (AvgIpc) is 3.81. The molecule has 2 fully saturated rings. The molecule has 0 radical (unpaired) electrons. The number of phosphoric acid groups is 3. The maximum atomic E-state index is 12.7. The third kappa shape index (κ3) is 8.83. The van der Waals surface area contributed by atoms with Gasteiger partial charge in [-0.05, 0) is 0 Å². The number of nitrogens with one attached hydrogen (secondary N) is 2. The van der Waals surface area contributed by atoms with E-state index in [4.69, 9.17) is 34.9 Å². The number of imidazole rings is 1. The summed E-state index contributed by atoms with van der Waals surface area (Å²) in [7, 11) is -14.4. The van der Waals surface area contributed by atoms with Gasteiger partial charge >= 0.3 is 23.5 Å². The Balaban J connectivity index is 1.06. The van der Waals surface area contributed by atoms with Crippen molar-refractivity contribution in [3.8, 4) is 0 Å². The monoisotopic (exact) mass is 862 g/mol. The van der Waals surface area contributed by atoms with E-state index in [2.05, 4.69) is 38.1 Å². The second-order valence-corrected chi connectivity index (χ2v) is 16.9. The Morgan fingerprint density at radius 3 is 2.09 bits per heavy atom. The van der Waals surface area contributed by atoms with Crippen LogP contribution in [0.15, 0.2) is 15.9 Å². The van der Waals surface area contributed by atoms with E-state index < -0.39 is 96.9 Å². The zero-order chi connectivity index (χ0) is 40.9. The van der Waals surface area contributed by atoms with Crippen molar-refractivity contribution in [1.29, 1.82) is 0 Å². The van der Waals surface area contributed by atoms with Crippen LogP contribution in [0.1, 0.15) is 6.23 Å². The fourth-order valence-electron chi connectivity index (χ4n) is 6.02. The second-order valence-electron chi connectivity index (χ2n) is 12.3. The molecule has 32 heteroatoms. The molecule has 3 aliphatic heterocycles. The van der Waals surface area contributed by atoms with Crippen molar-refractivity contribution in [1.82, 2.24) is 29.5 Å². The molecule has 0 spiro atoms. The standard InChI is InChI=1S/C24H37N10O19P3/c1-32-8-34(18-12(32)20(39)31-24(26)29-18)22-16(47-4-3-46-2)14(36)10(51-22)6-49-55(42,43)53-56(44,45)52-54(40,41)48-5-9-13(35)15(37)21(50-9)33-7-27-11-17(33)28-23(25)30-19(11)38/h7,9-10,13-16,21-22,35-37H,3-6,8H2,1-2H3,(H,40,41)(H,42,43)(H,44,45)(H3,25,28,30,38)(H3,26,29,31,39)/t9-,10-,13-,14-,15-,16-,21-,22-/m1/s1. The zero-order valence-corrected chi connectivity index (χ0v) is 31.6. The largest absolute Gasteiger partial charge is 0.490 e. The number of aromatic nitrogens is 6. The van der Waals surface area contributed by atoms with E-state index in [0.717, 1.165) is 10.9 Å². The van der Waals surface area contributed by atoms with Gasteiger partial charge in [-0.1, -0.05) is 0 Å². The van der Waals surface area contributed by atoms with Crippen molar-refractivity contribution in [2.75, 3.05) is 68.5 Å². The van der Waals surface area contributed by atoms with Gasteiger partial charge in [-0.2, -0.15) is 18.6 Å².